The summed E-state index contributed by atoms with van der Waals surface area (Å²) in [6, 6.07) is -0.811. The number of hydrogen-bond acceptors (Lipinski definition) is 3. The first-order valence-corrected chi connectivity index (χ1v) is 9.67. The Morgan fingerprint density at radius 1 is 1.23 bits per heavy atom. The second-order valence-electron chi connectivity index (χ2n) is 7.44. The largest absolute Gasteiger partial charge is 0.331 e. The van der Waals surface area contributed by atoms with E-state index in [9.17, 15) is 14.4 Å². The molecule has 26 heavy (non-hydrogen) atoms. The molecule has 3 aliphatic rings. The number of carbonyl (C=O) groups excluding carboxylic acids is 3. The summed E-state index contributed by atoms with van der Waals surface area (Å²) in [6.45, 7) is 6.75. The van der Waals surface area contributed by atoms with E-state index < -0.39 is 6.04 Å². The van der Waals surface area contributed by atoms with Crippen LogP contribution in [0.3, 0.4) is 0 Å². The normalized spacial score (nSPS) is 25.6. The standard InChI is InChI=1S/C21H28N2O3/c1-3-8-16-13-23(20(25)18(16)4-2)19(15-9-5-6-10-15)21(26)22-12-7-11-17(22)14-24/h3-4,8,14-15,17,19H,2,5-7,9-13H2,1H3/b8-3-. The minimum absolute atomic E-state index is 0.0509. The van der Waals surface area contributed by atoms with Crippen molar-refractivity contribution in [3.63, 3.8) is 0 Å². The van der Waals surface area contributed by atoms with E-state index in [4.69, 9.17) is 0 Å². The summed E-state index contributed by atoms with van der Waals surface area (Å²) in [5.41, 5.74) is 1.50. The molecule has 2 atom stereocenters. The Labute approximate surface area is 155 Å². The third kappa shape index (κ3) is 3.27. The molecule has 2 amide bonds. The predicted octanol–water partition coefficient (Wildman–Crippen LogP) is 2.64. The van der Waals surface area contributed by atoms with Crippen LogP contribution in [0, 0.1) is 5.92 Å². The van der Waals surface area contributed by atoms with Crippen LogP contribution in [0.15, 0.2) is 36.0 Å². The van der Waals surface area contributed by atoms with Gasteiger partial charge in [-0.1, -0.05) is 37.6 Å². The van der Waals surface area contributed by atoms with Gasteiger partial charge in [-0.2, -0.15) is 0 Å². The van der Waals surface area contributed by atoms with Crippen molar-refractivity contribution >= 4 is 18.1 Å². The summed E-state index contributed by atoms with van der Waals surface area (Å²) in [5, 5.41) is 0. The van der Waals surface area contributed by atoms with Crippen LogP contribution in [0.25, 0.3) is 0 Å². The first kappa shape index (κ1) is 18.6. The van der Waals surface area contributed by atoms with Crippen molar-refractivity contribution in [3.8, 4) is 0 Å². The number of aldehydes is 1. The van der Waals surface area contributed by atoms with Gasteiger partial charge in [-0.05, 0) is 44.1 Å². The second kappa shape index (κ2) is 8.02. The van der Waals surface area contributed by atoms with Crippen LogP contribution in [0.1, 0.15) is 45.4 Å². The fourth-order valence-corrected chi connectivity index (χ4v) is 4.66. The van der Waals surface area contributed by atoms with Crippen LogP contribution < -0.4 is 0 Å². The van der Waals surface area contributed by atoms with Crippen molar-refractivity contribution in [2.24, 2.45) is 5.92 Å². The van der Waals surface area contributed by atoms with E-state index in [2.05, 4.69) is 6.58 Å². The number of likely N-dealkylation sites (tertiary alicyclic amines) is 1. The molecular formula is C21H28N2O3. The van der Waals surface area contributed by atoms with E-state index in [1.807, 2.05) is 19.1 Å². The van der Waals surface area contributed by atoms with Gasteiger partial charge in [0.25, 0.3) is 5.91 Å². The molecule has 0 aromatic carbocycles. The lowest BCUT2D eigenvalue weighted by molar-refractivity contribution is -0.146. The van der Waals surface area contributed by atoms with Crippen molar-refractivity contribution in [3.05, 3.63) is 36.0 Å². The molecule has 5 nitrogen and oxygen atoms in total. The summed E-state index contributed by atoms with van der Waals surface area (Å²) in [5.74, 6) is 0.0144. The fourth-order valence-electron chi connectivity index (χ4n) is 4.66. The van der Waals surface area contributed by atoms with E-state index in [0.29, 0.717) is 18.7 Å². The van der Waals surface area contributed by atoms with Gasteiger partial charge in [-0.25, -0.2) is 0 Å². The summed E-state index contributed by atoms with van der Waals surface area (Å²) in [6.07, 6.45) is 12.0. The van der Waals surface area contributed by atoms with Gasteiger partial charge in [0.05, 0.1) is 6.04 Å². The lowest BCUT2D eigenvalue weighted by Crippen LogP contribution is -2.54. The molecule has 5 heteroatoms. The highest BCUT2D eigenvalue weighted by Gasteiger charge is 2.45. The Kier molecular flexibility index (Phi) is 5.74. The lowest BCUT2D eigenvalue weighted by atomic mass is 9.94. The average molecular weight is 356 g/mol. The Morgan fingerprint density at radius 3 is 2.58 bits per heavy atom. The van der Waals surface area contributed by atoms with Crippen LogP contribution in [-0.4, -0.2) is 53.1 Å². The maximum Gasteiger partial charge on any atom is 0.255 e. The van der Waals surface area contributed by atoms with Gasteiger partial charge in [-0.15, -0.1) is 0 Å². The quantitative estimate of drug-likeness (QED) is 0.688. The number of rotatable bonds is 6. The summed E-state index contributed by atoms with van der Waals surface area (Å²) >= 11 is 0. The topological polar surface area (TPSA) is 57.7 Å². The minimum Gasteiger partial charge on any atom is -0.331 e. The molecule has 1 saturated heterocycles. The zero-order valence-corrected chi connectivity index (χ0v) is 15.5. The van der Waals surface area contributed by atoms with Crippen molar-refractivity contribution < 1.29 is 14.4 Å². The van der Waals surface area contributed by atoms with Crippen molar-refractivity contribution in [2.75, 3.05) is 13.1 Å². The van der Waals surface area contributed by atoms with Gasteiger partial charge in [0, 0.05) is 18.7 Å². The van der Waals surface area contributed by atoms with Crippen LogP contribution >= 0.6 is 0 Å². The number of amides is 2. The molecule has 0 spiro atoms. The lowest BCUT2D eigenvalue weighted by Gasteiger charge is -2.35. The zero-order valence-electron chi connectivity index (χ0n) is 15.5. The van der Waals surface area contributed by atoms with E-state index >= 15 is 0 Å². The van der Waals surface area contributed by atoms with Crippen LogP contribution in [-0.2, 0) is 14.4 Å². The number of carbonyl (C=O) groups is 3. The van der Waals surface area contributed by atoms with Crippen molar-refractivity contribution in [1.82, 2.24) is 9.80 Å². The third-order valence-corrected chi connectivity index (χ3v) is 5.92. The molecule has 1 aliphatic carbocycles. The van der Waals surface area contributed by atoms with Gasteiger partial charge in [0.2, 0.25) is 5.91 Å². The van der Waals surface area contributed by atoms with Crippen molar-refractivity contribution in [2.45, 2.75) is 57.5 Å². The molecular weight excluding hydrogens is 328 g/mol. The van der Waals surface area contributed by atoms with Gasteiger partial charge in [0.1, 0.15) is 12.3 Å². The van der Waals surface area contributed by atoms with Gasteiger partial charge in [-0.3, -0.25) is 9.59 Å². The smallest absolute Gasteiger partial charge is 0.255 e. The fraction of sp³-hybridized carbons (Fsp3) is 0.571. The predicted molar refractivity (Wildman–Crippen MR) is 100 cm³/mol. The Morgan fingerprint density at radius 2 is 1.96 bits per heavy atom. The summed E-state index contributed by atoms with van der Waals surface area (Å²) in [4.78, 5) is 41.2. The highest BCUT2D eigenvalue weighted by atomic mass is 16.2. The molecule has 1 saturated carbocycles. The molecule has 0 aromatic heterocycles. The van der Waals surface area contributed by atoms with Crippen molar-refractivity contribution in [1.29, 1.82) is 0 Å². The number of nitrogens with zero attached hydrogens (tertiary/aromatic N) is 2. The van der Waals surface area contributed by atoms with Crippen LogP contribution in [0.4, 0.5) is 0 Å². The summed E-state index contributed by atoms with van der Waals surface area (Å²) < 4.78 is 0. The molecule has 0 aromatic rings. The second-order valence-corrected chi connectivity index (χ2v) is 7.44. The molecule has 2 unspecified atom stereocenters. The molecule has 2 heterocycles. The van der Waals surface area contributed by atoms with E-state index in [1.54, 1.807) is 15.9 Å². The zero-order chi connectivity index (χ0) is 18.7. The molecule has 0 bridgehead atoms. The first-order valence-electron chi connectivity index (χ1n) is 9.67. The molecule has 3 rings (SSSR count). The van der Waals surface area contributed by atoms with Gasteiger partial charge in [0.15, 0.2) is 0 Å². The van der Waals surface area contributed by atoms with Crippen LogP contribution in [0.2, 0.25) is 0 Å². The highest BCUT2D eigenvalue weighted by Crippen LogP contribution is 2.35. The van der Waals surface area contributed by atoms with Crippen LogP contribution in [0.5, 0.6) is 0 Å². The van der Waals surface area contributed by atoms with E-state index in [1.165, 1.54) is 0 Å². The maximum absolute atomic E-state index is 13.4. The first-order chi connectivity index (χ1) is 12.6. The average Bonchev–Trinajstić information content (AvgIpc) is 3.37. The van der Waals surface area contributed by atoms with Gasteiger partial charge >= 0.3 is 0 Å². The monoisotopic (exact) mass is 356 g/mol. The third-order valence-electron chi connectivity index (χ3n) is 5.92. The minimum atomic E-state index is -0.469. The van der Waals surface area contributed by atoms with Gasteiger partial charge < -0.3 is 14.6 Å². The SMILES string of the molecule is C=CC1=C(/C=C\C)CN(C(C(=O)N2CCCC2C=O)C2CCCC2)C1=O. The molecule has 0 N–H and O–H groups in total. The molecule has 2 aliphatic heterocycles. The Bertz CT molecular complexity index is 658. The number of allylic oxidation sites excluding steroid dienone is 1. The maximum atomic E-state index is 13.4. The molecule has 140 valence electrons. The van der Waals surface area contributed by atoms with E-state index in [0.717, 1.165) is 50.4 Å². The molecule has 2 fully saturated rings. The number of hydrogen-bond donors (Lipinski definition) is 0. The molecule has 0 radical (unpaired) electrons. The Balaban J connectivity index is 1.90. The van der Waals surface area contributed by atoms with E-state index in [-0.39, 0.29) is 23.8 Å². The summed E-state index contributed by atoms with van der Waals surface area (Å²) in [7, 11) is 0. The highest BCUT2D eigenvalue weighted by molar-refractivity contribution is 6.03. The Hall–Kier alpha value is -2.17.